The smallest absolute Gasteiger partial charge is 0.251 e. The highest BCUT2D eigenvalue weighted by Crippen LogP contribution is 2.18. The van der Waals surface area contributed by atoms with Gasteiger partial charge >= 0.3 is 0 Å². The molecule has 0 saturated carbocycles. The second-order valence-electron chi connectivity index (χ2n) is 5.58. The topological polar surface area (TPSA) is 67.4 Å². The molecule has 5 nitrogen and oxygen atoms in total. The summed E-state index contributed by atoms with van der Waals surface area (Å²) in [5.74, 6) is -0.227. The van der Waals surface area contributed by atoms with Crippen molar-refractivity contribution >= 4 is 22.6 Å². The van der Waals surface area contributed by atoms with Crippen LogP contribution in [0, 0.1) is 0 Å². The van der Waals surface area contributed by atoms with Gasteiger partial charge in [-0.15, -0.1) is 0 Å². The zero-order valence-electron chi connectivity index (χ0n) is 12.9. The molecule has 5 heteroatoms. The molecule has 0 spiro atoms. The Kier molecular flexibility index (Phi) is 4.88. The molecule has 120 valence electrons. The monoisotopic (exact) mass is 312 g/mol. The van der Waals surface area contributed by atoms with Gasteiger partial charge in [-0.05, 0) is 29.7 Å². The van der Waals surface area contributed by atoms with E-state index in [1.807, 2.05) is 42.5 Å². The van der Waals surface area contributed by atoms with E-state index in [0.29, 0.717) is 25.3 Å². The third-order valence-electron chi connectivity index (χ3n) is 3.97. The van der Waals surface area contributed by atoms with Gasteiger partial charge in [-0.1, -0.05) is 36.4 Å². The van der Waals surface area contributed by atoms with Crippen molar-refractivity contribution < 1.29 is 14.3 Å². The van der Waals surface area contributed by atoms with Crippen molar-refractivity contribution in [3.8, 4) is 0 Å². The van der Waals surface area contributed by atoms with Gasteiger partial charge in [-0.2, -0.15) is 0 Å². The van der Waals surface area contributed by atoms with Gasteiger partial charge in [0.25, 0.3) is 5.91 Å². The second kappa shape index (κ2) is 7.24. The predicted molar refractivity (Wildman–Crippen MR) is 88.3 cm³/mol. The van der Waals surface area contributed by atoms with Crippen LogP contribution < -0.4 is 10.6 Å². The minimum Gasteiger partial charge on any atom is -0.368 e. The van der Waals surface area contributed by atoms with Gasteiger partial charge in [-0.3, -0.25) is 9.59 Å². The molecule has 1 atom stereocenters. The van der Waals surface area contributed by atoms with Crippen LogP contribution in [0.1, 0.15) is 23.2 Å². The zero-order chi connectivity index (χ0) is 16.1. The number of hydrogen-bond donors (Lipinski definition) is 2. The number of hydrogen-bond acceptors (Lipinski definition) is 3. The van der Waals surface area contributed by atoms with Crippen LogP contribution >= 0.6 is 0 Å². The van der Waals surface area contributed by atoms with Crippen molar-refractivity contribution in [3.05, 3.63) is 48.0 Å². The fourth-order valence-corrected chi connectivity index (χ4v) is 2.78. The lowest BCUT2D eigenvalue weighted by atomic mass is 10.0. The van der Waals surface area contributed by atoms with E-state index in [9.17, 15) is 9.59 Å². The molecule has 0 aliphatic carbocycles. The van der Waals surface area contributed by atoms with Gasteiger partial charge in [0.15, 0.2) is 0 Å². The summed E-state index contributed by atoms with van der Waals surface area (Å²) in [6.07, 6.45) is 1.37. The minimum absolute atomic E-state index is 0.0955. The largest absolute Gasteiger partial charge is 0.368 e. The molecule has 2 aromatic rings. The molecule has 1 aliphatic rings. The third kappa shape index (κ3) is 3.68. The lowest BCUT2D eigenvalue weighted by Crippen LogP contribution is -2.39. The quantitative estimate of drug-likeness (QED) is 0.828. The van der Waals surface area contributed by atoms with Crippen molar-refractivity contribution in [1.82, 2.24) is 10.6 Å². The van der Waals surface area contributed by atoms with Gasteiger partial charge < -0.3 is 15.4 Å². The van der Waals surface area contributed by atoms with E-state index in [4.69, 9.17) is 4.74 Å². The minimum atomic E-state index is -0.330. The normalized spacial score (nSPS) is 17.1. The third-order valence-corrected chi connectivity index (χ3v) is 3.97. The first-order chi connectivity index (χ1) is 11.3. The summed E-state index contributed by atoms with van der Waals surface area (Å²) in [6.45, 7) is 1.44. The average molecular weight is 312 g/mol. The van der Waals surface area contributed by atoms with Crippen molar-refractivity contribution in [3.63, 3.8) is 0 Å². The van der Waals surface area contributed by atoms with Crippen LogP contribution in [-0.2, 0) is 9.53 Å². The molecule has 1 fully saturated rings. The van der Waals surface area contributed by atoms with Gasteiger partial charge in [0, 0.05) is 25.3 Å². The first-order valence-electron chi connectivity index (χ1n) is 7.91. The number of carbonyl (C=O) groups excluding carboxylic acids is 2. The van der Waals surface area contributed by atoms with Crippen LogP contribution in [0.4, 0.5) is 0 Å². The Labute approximate surface area is 135 Å². The second-order valence-corrected chi connectivity index (χ2v) is 5.58. The van der Waals surface area contributed by atoms with E-state index in [1.165, 1.54) is 0 Å². The molecule has 0 radical (unpaired) electrons. The van der Waals surface area contributed by atoms with Crippen LogP contribution in [0.5, 0.6) is 0 Å². The number of rotatable bonds is 5. The maximum atomic E-state index is 12.3. The Balaban J connectivity index is 1.52. The SMILES string of the molecule is O=C(NCCNC(=O)C1CCCO1)c1cccc2ccccc12. The van der Waals surface area contributed by atoms with Crippen LogP contribution in [0.15, 0.2) is 42.5 Å². The molecule has 0 aromatic heterocycles. The molecule has 1 saturated heterocycles. The molecular weight excluding hydrogens is 292 g/mol. The lowest BCUT2D eigenvalue weighted by Gasteiger charge is -2.11. The van der Waals surface area contributed by atoms with Gasteiger partial charge in [0.05, 0.1) is 0 Å². The van der Waals surface area contributed by atoms with Gasteiger partial charge in [0.2, 0.25) is 5.91 Å². The summed E-state index contributed by atoms with van der Waals surface area (Å²) in [5, 5.41) is 7.59. The number of fused-ring (bicyclic) bond motifs is 1. The maximum Gasteiger partial charge on any atom is 0.251 e. The summed E-state index contributed by atoms with van der Waals surface area (Å²) in [6, 6.07) is 13.4. The van der Waals surface area contributed by atoms with E-state index in [0.717, 1.165) is 23.6 Å². The standard InChI is InChI=1S/C18H20N2O3/c21-17(15-8-3-6-13-5-1-2-7-14(13)15)19-10-11-20-18(22)16-9-4-12-23-16/h1-3,5-8,16H,4,9-12H2,(H,19,21)(H,20,22). The summed E-state index contributed by atoms with van der Waals surface area (Å²) < 4.78 is 5.31. The Morgan fingerprint density at radius 3 is 2.65 bits per heavy atom. The number of ether oxygens (including phenoxy) is 1. The molecular formula is C18H20N2O3. The van der Waals surface area contributed by atoms with Crippen molar-refractivity contribution in [2.75, 3.05) is 19.7 Å². The number of nitrogens with one attached hydrogen (secondary N) is 2. The number of benzene rings is 2. The molecule has 2 amide bonds. The predicted octanol–water partition coefficient (Wildman–Crippen LogP) is 1.86. The van der Waals surface area contributed by atoms with E-state index in [1.54, 1.807) is 0 Å². The van der Waals surface area contributed by atoms with E-state index in [-0.39, 0.29) is 17.9 Å². The molecule has 1 heterocycles. The Bertz CT molecular complexity index is 703. The van der Waals surface area contributed by atoms with Crippen molar-refractivity contribution in [2.45, 2.75) is 18.9 Å². The highest BCUT2D eigenvalue weighted by molar-refractivity contribution is 6.07. The lowest BCUT2D eigenvalue weighted by molar-refractivity contribution is -0.129. The van der Waals surface area contributed by atoms with Crippen molar-refractivity contribution in [2.24, 2.45) is 0 Å². The number of carbonyl (C=O) groups is 2. The van der Waals surface area contributed by atoms with Crippen LogP contribution in [0.2, 0.25) is 0 Å². The molecule has 1 unspecified atom stereocenters. The highest BCUT2D eigenvalue weighted by Gasteiger charge is 2.22. The highest BCUT2D eigenvalue weighted by atomic mass is 16.5. The molecule has 2 N–H and O–H groups in total. The van der Waals surface area contributed by atoms with Gasteiger partial charge in [-0.25, -0.2) is 0 Å². The maximum absolute atomic E-state index is 12.3. The molecule has 2 aromatic carbocycles. The number of amides is 2. The summed E-state index contributed by atoms with van der Waals surface area (Å²) in [4.78, 5) is 24.1. The fourth-order valence-electron chi connectivity index (χ4n) is 2.78. The molecule has 23 heavy (non-hydrogen) atoms. The Morgan fingerprint density at radius 1 is 1.04 bits per heavy atom. The summed E-state index contributed by atoms with van der Waals surface area (Å²) in [7, 11) is 0. The van der Waals surface area contributed by atoms with Gasteiger partial charge in [0.1, 0.15) is 6.10 Å². The van der Waals surface area contributed by atoms with Crippen LogP contribution in [-0.4, -0.2) is 37.6 Å². The molecule has 3 rings (SSSR count). The summed E-state index contributed by atoms with van der Waals surface area (Å²) >= 11 is 0. The molecule has 0 bridgehead atoms. The van der Waals surface area contributed by atoms with Crippen LogP contribution in [0.3, 0.4) is 0 Å². The molecule has 1 aliphatic heterocycles. The fraction of sp³-hybridized carbons (Fsp3) is 0.333. The Hall–Kier alpha value is -2.40. The summed E-state index contributed by atoms with van der Waals surface area (Å²) in [5.41, 5.74) is 0.647. The van der Waals surface area contributed by atoms with E-state index < -0.39 is 0 Å². The van der Waals surface area contributed by atoms with E-state index in [2.05, 4.69) is 10.6 Å². The van der Waals surface area contributed by atoms with Crippen LogP contribution in [0.25, 0.3) is 10.8 Å². The van der Waals surface area contributed by atoms with Crippen molar-refractivity contribution in [1.29, 1.82) is 0 Å². The van der Waals surface area contributed by atoms with E-state index >= 15 is 0 Å². The first-order valence-corrected chi connectivity index (χ1v) is 7.91. The zero-order valence-corrected chi connectivity index (χ0v) is 12.9. The first kappa shape index (κ1) is 15.5. The Morgan fingerprint density at radius 2 is 1.83 bits per heavy atom. The average Bonchev–Trinajstić information content (AvgIpc) is 3.12.